The number of amides is 2. The molecular weight excluding hydrogens is 468 g/mol. The highest BCUT2D eigenvalue weighted by Crippen LogP contribution is 2.45. The lowest BCUT2D eigenvalue weighted by Gasteiger charge is -2.17. The molecule has 29 heavy (non-hydrogen) atoms. The molecular formula is C22H27BrN2O2S2. The van der Waals surface area contributed by atoms with Gasteiger partial charge in [-0.25, -0.2) is 0 Å². The van der Waals surface area contributed by atoms with Crippen molar-refractivity contribution < 1.29 is 9.59 Å². The van der Waals surface area contributed by atoms with Crippen LogP contribution < -0.4 is 4.90 Å². The molecule has 7 heteroatoms. The molecule has 2 heterocycles. The van der Waals surface area contributed by atoms with Crippen LogP contribution in [0.2, 0.25) is 0 Å². The van der Waals surface area contributed by atoms with Crippen molar-refractivity contribution in [1.82, 2.24) is 4.90 Å². The molecule has 1 fully saturated rings. The Balaban J connectivity index is 1.91. The Bertz CT molecular complexity index is 853. The Labute approximate surface area is 191 Å². The molecule has 0 aliphatic carbocycles. The van der Waals surface area contributed by atoms with Gasteiger partial charge in [-0.3, -0.25) is 14.5 Å². The average molecular weight is 496 g/mol. The van der Waals surface area contributed by atoms with Crippen LogP contribution in [0.25, 0.3) is 5.57 Å². The van der Waals surface area contributed by atoms with Crippen molar-refractivity contribution in [2.75, 3.05) is 18.0 Å². The van der Waals surface area contributed by atoms with Gasteiger partial charge in [-0.05, 0) is 31.0 Å². The van der Waals surface area contributed by atoms with Crippen molar-refractivity contribution in [3.05, 3.63) is 33.1 Å². The van der Waals surface area contributed by atoms with E-state index in [1.807, 2.05) is 23.1 Å². The summed E-state index contributed by atoms with van der Waals surface area (Å²) in [5.41, 5.74) is 2.22. The second-order valence-electron chi connectivity index (χ2n) is 7.41. The molecule has 0 unspecified atom stereocenters. The summed E-state index contributed by atoms with van der Waals surface area (Å²) in [4.78, 5) is 30.5. The number of carbonyl (C=O) groups is 2. The molecule has 4 nitrogen and oxygen atoms in total. The van der Waals surface area contributed by atoms with Gasteiger partial charge >= 0.3 is 0 Å². The van der Waals surface area contributed by atoms with Crippen LogP contribution in [-0.2, 0) is 9.59 Å². The number of hydrogen-bond donors (Lipinski definition) is 0. The van der Waals surface area contributed by atoms with Crippen LogP contribution in [0, 0.1) is 0 Å². The molecule has 156 valence electrons. The minimum atomic E-state index is -0.124. The Morgan fingerprint density at radius 3 is 2.31 bits per heavy atom. The molecule has 0 N–H and O–H groups in total. The maximum absolute atomic E-state index is 13.3. The number of thioether (sulfide) groups is 1. The fourth-order valence-electron chi connectivity index (χ4n) is 3.70. The van der Waals surface area contributed by atoms with E-state index in [4.69, 9.17) is 12.2 Å². The summed E-state index contributed by atoms with van der Waals surface area (Å²) in [6, 6.07) is 5.85. The van der Waals surface area contributed by atoms with Gasteiger partial charge in [-0.15, -0.1) is 0 Å². The highest BCUT2D eigenvalue weighted by Gasteiger charge is 2.41. The quantitative estimate of drug-likeness (QED) is 0.235. The van der Waals surface area contributed by atoms with Crippen LogP contribution >= 0.6 is 39.9 Å². The van der Waals surface area contributed by atoms with Crippen molar-refractivity contribution in [3.8, 4) is 0 Å². The smallest absolute Gasteiger partial charge is 0.267 e. The summed E-state index contributed by atoms with van der Waals surface area (Å²) >= 11 is 10.3. The standard InChI is InChI=1S/C22H27BrN2O2S2/c1-3-5-7-9-13-25-21(27)19(29-22(25)28)18-16-14-15(23)10-11-17(16)24(20(18)26)12-8-6-4-2/h10-11,14H,3-9,12-13H2,1-2H3. The minimum Gasteiger partial charge on any atom is -0.308 e. The number of benzene rings is 1. The monoisotopic (exact) mass is 494 g/mol. The molecule has 2 aliphatic heterocycles. The number of anilines is 1. The zero-order chi connectivity index (χ0) is 21.0. The maximum Gasteiger partial charge on any atom is 0.267 e. The number of unbranched alkanes of at least 4 members (excludes halogenated alkanes) is 5. The first-order valence-electron chi connectivity index (χ1n) is 10.4. The van der Waals surface area contributed by atoms with Gasteiger partial charge in [-0.2, -0.15) is 0 Å². The zero-order valence-corrected chi connectivity index (χ0v) is 20.2. The molecule has 0 spiro atoms. The number of carbonyl (C=O) groups excluding carboxylic acids is 2. The van der Waals surface area contributed by atoms with Gasteiger partial charge in [0.2, 0.25) is 0 Å². The molecule has 2 amide bonds. The summed E-state index contributed by atoms with van der Waals surface area (Å²) in [7, 11) is 0. The summed E-state index contributed by atoms with van der Waals surface area (Å²) < 4.78 is 1.45. The van der Waals surface area contributed by atoms with Crippen LogP contribution in [0.5, 0.6) is 0 Å². The topological polar surface area (TPSA) is 40.6 Å². The van der Waals surface area contributed by atoms with E-state index in [0.717, 1.165) is 60.7 Å². The van der Waals surface area contributed by atoms with E-state index in [9.17, 15) is 9.59 Å². The van der Waals surface area contributed by atoms with Crippen molar-refractivity contribution >= 4 is 67.3 Å². The molecule has 0 aromatic heterocycles. The third-order valence-corrected chi connectivity index (χ3v) is 7.22. The Kier molecular flexibility index (Phi) is 7.93. The average Bonchev–Trinajstić information content (AvgIpc) is 3.12. The highest BCUT2D eigenvalue weighted by atomic mass is 79.9. The molecule has 0 radical (unpaired) electrons. The van der Waals surface area contributed by atoms with E-state index in [-0.39, 0.29) is 11.8 Å². The van der Waals surface area contributed by atoms with E-state index in [1.165, 1.54) is 11.8 Å². The number of nitrogens with zero attached hydrogens (tertiary/aromatic N) is 2. The largest absolute Gasteiger partial charge is 0.308 e. The number of fused-ring (bicyclic) bond motifs is 1. The van der Waals surface area contributed by atoms with Gasteiger partial charge in [0.15, 0.2) is 0 Å². The van der Waals surface area contributed by atoms with E-state index in [1.54, 1.807) is 4.90 Å². The van der Waals surface area contributed by atoms with Gasteiger partial charge < -0.3 is 4.90 Å². The third-order valence-electron chi connectivity index (χ3n) is 5.27. The van der Waals surface area contributed by atoms with Gasteiger partial charge in [0.25, 0.3) is 11.8 Å². The normalized spacial score (nSPS) is 18.9. The summed E-state index contributed by atoms with van der Waals surface area (Å²) in [6.07, 6.45) is 7.44. The lowest BCUT2D eigenvalue weighted by atomic mass is 10.1. The number of hydrogen-bond acceptors (Lipinski definition) is 4. The van der Waals surface area contributed by atoms with Crippen molar-refractivity contribution in [1.29, 1.82) is 0 Å². The fourth-order valence-corrected chi connectivity index (χ4v) is 5.44. The lowest BCUT2D eigenvalue weighted by Crippen LogP contribution is -2.30. The second-order valence-corrected chi connectivity index (χ2v) is 9.97. The number of thiocarbonyl (C=S) groups is 1. The first kappa shape index (κ1) is 22.5. The van der Waals surface area contributed by atoms with Gasteiger partial charge in [0.1, 0.15) is 4.32 Å². The molecule has 0 saturated carbocycles. The summed E-state index contributed by atoms with van der Waals surface area (Å²) in [5, 5.41) is 0. The SMILES string of the molecule is CCCCCCN1C(=O)C(=C2C(=O)N(CCCCC)c3ccc(Br)cc32)SC1=S. The first-order chi connectivity index (χ1) is 14.0. The van der Waals surface area contributed by atoms with Crippen LogP contribution in [0.15, 0.2) is 27.6 Å². The van der Waals surface area contributed by atoms with Crippen molar-refractivity contribution in [3.63, 3.8) is 0 Å². The van der Waals surface area contributed by atoms with E-state index in [0.29, 0.717) is 27.9 Å². The molecule has 1 aromatic carbocycles. The molecule has 1 aromatic rings. The lowest BCUT2D eigenvalue weighted by molar-refractivity contribution is -0.122. The molecule has 1 saturated heterocycles. The number of rotatable bonds is 9. The zero-order valence-electron chi connectivity index (χ0n) is 17.0. The summed E-state index contributed by atoms with van der Waals surface area (Å²) in [6.45, 7) is 5.61. The molecule has 0 bridgehead atoms. The van der Waals surface area contributed by atoms with Gasteiger partial charge in [0, 0.05) is 23.1 Å². The molecule has 3 rings (SSSR count). The minimum absolute atomic E-state index is 0.0827. The highest BCUT2D eigenvalue weighted by molar-refractivity contribution is 9.10. The Hall–Kier alpha value is -1.18. The van der Waals surface area contributed by atoms with E-state index >= 15 is 0 Å². The van der Waals surface area contributed by atoms with Crippen LogP contribution in [-0.4, -0.2) is 34.1 Å². The van der Waals surface area contributed by atoms with E-state index in [2.05, 4.69) is 29.8 Å². The number of halogens is 1. The van der Waals surface area contributed by atoms with Gasteiger partial charge in [-0.1, -0.05) is 85.9 Å². The Morgan fingerprint density at radius 1 is 0.931 bits per heavy atom. The van der Waals surface area contributed by atoms with E-state index < -0.39 is 0 Å². The van der Waals surface area contributed by atoms with Gasteiger partial charge in [0.05, 0.1) is 16.2 Å². The second kappa shape index (κ2) is 10.2. The third kappa shape index (κ3) is 4.78. The molecule has 2 aliphatic rings. The molecule has 0 atom stereocenters. The predicted molar refractivity (Wildman–Crippen MR) is 129 cm³/mol. The Morgan fingerprint density at radius 2 is 1.59 bits per heavy atom. The first-order valence-corrected chi connectivity index (χ1v) is 12.4. The maximum atomic E-state index is 13.3. The van der Waals surface area contributed by atoms with Crippen molar-refractivity contribution in [2.45, 2.75) is 58.8 Å². The fraction of sp³-hybridized carbons (Fsp3) is 0.500. The predicted octanol–water partition coefficient (Wildman–Crippen LogP) is 6.14. The summed E-state index contributed by atoms with van der Waals surface area (Å²) in [5.74, 6) is -0.207. The van der Waals surface area contributed by atoms with Crippen molar-refractivity contribution in [2.24, 2.45) is 0 Å². The van der Waals surface area contributed by atoms with Crippen LogP contribution in [0.4, 0.5) is 5.69 Å². The van der Waals surface area contributed by atoms with Crippen LogP contribution in [0.3, 0.4) is 0 Å². The van der Waals surface area contributed by atoms with Crippen LogP contribution in [0.1, 0.15) is 64.4 Å².